The molecule has 2 aliphatic carbocycles. The minimum absolute atomic E-state index is 0.0370. The minimum atomic E-state index is -0.946. The molecule has 1 N–H and O–H groups in total. The van der Waals surface area contributed by atoms with Gasteiger partial charge in [0.2, 0.25) is 5.79 Å². The zero-order chi connectivity index (χ0) is 18.3. The van der Waals surface area contributed by atoms with Gasteiger partial charge in [0.25, 0.3) is 0 Å². The molecule has 142 valence electrons. The van der Waals surface area contributed by atoms with E-state index in [1.165, 1.54) is 23.1 Å². The Kier molecular flexibility index (Phi) is 3.34. The number of ether oxygens (including phenoxy) is 3. The third-order valence-corrected chi connectivity index (χ3v) is 7.76. The molecule has 2 bridgehead atoms. The fraction of sp³-hybridized carbons (Fsp3) is 0.714. The third kappa shape index (κ3) is 1.92. The molecule has 2 heterocycles. The van der Waals surface area contributed by atoms with Crippen LogP contribution in [-0.2, 0) is 16.6 Å². The largest absolute Gasteiger partial charge is 0.493 e. The van der Waals surface area contributed by atoms with Gasteiger partial charge in [0.1, 0.15) is 12.1 Å². The topological polar surface area (TPSA) is 47.9 Å². The smallest absolute Gasteiger partial charge is 0.237 e. The first-order valence-corrected chi connectivity index (χ1v) is 9.85. The summed E-state index contributed by atoms with van der Waals surface area (Å²) in [6, 6.07) is 2.70. The lowest BCUT2D eigenvalue weighted by molar-refractivity contribution is -0.924. The lowest BCUT2D eigenvalue weighted by atomic mass is 9.56. The van der Waals surface area contributed by atoms with E-state index in [9.17, 15) is 5.11 Å². The average molecular weight is 360 g/mol. The lowest BCUT2D eigenvalue weighted by Crippen LogP contribution is -2.62. The van der Waals surface area contributed by atoms with Crippen molar-refractivity contribution in [2.75, 3.05) is 34.9 Å². The van der Waals surface area contributed by atoms with Crippen LogP contribution < -0.4 is 9.47 Å². The number of methoxy groups -OCH3 is 2. The summed E-state index contributed by atoms with van der Waals surface area (Å²) in [5.74, 6) is 0.675. The number of likely N-dealkylation sites (N-methyl/N-ethyl adjacent to an activating group) is 1. The molecule has 5 rings (SSSR count). The molecule has 26 heavy (non-hydrogen) atoms. The molecular formula is C21H30NO4+. The van der Waals surface area contributed by atoms with Crippen molar-refractivity contribution in [3.8, 4) is 11.5 Å². The van der Waals surface area contributed by atoms with Crippen LogP contribution in [0.4, 0.5) is 0 Å². The summed E-state index contributed by atoms with van der Waals surface area (Å²) < 4.78 is 19.1. The van der Waals surface area contributed by atoms with Crippen LogP contribution in [-0.4, -0.2) is 56.3 Å². The first-order chi connectivity index (χ1) is 12.4. The molecule has 1 aromatic carbocycles. The van der Waals surface area contributed by atoms with Gasteiger partial charge in [-0.3, -0.25) is 0 Å². The summed E-state index contributed by atoms with van der Waals surface area (Å²) in [7, 11) is 8.08. The maximum absolute atomic E-state index is 10.7. The van der Waals surface area contributed by atoms with E-state index in [-0.39, 0.29) is 5.41 Å². The van der Waals surface area contributed by atoms with Crippen LogP contribution in [0, 0.1) is 0 Å². The maximum Gasteiger partial charge on any atom is 0.237 e. The number of rotatable bonds is 2. The SMILES string of the molecule is COc1cc2c3c4c1OC1(OC)CC4(CCC1O)CC[C@H]3[N+](C)(C)CC2. The molecule has 1 aromatic rings. The molecular weight excluding hydrogens is 330 g/mol. The van der Waals surface area contributed by atoms with Crippen molar-refractivity contribution in [1.29, 1.82) is 0 Å². The Labute approximate surface area is 155 Å². The van der Waals surface area contributed by atoms with E-state index in [0.717, 1.165) is 54.6 Å². The van der Waals surface area contributed by atoms with Gasteiger partial charge in [0.05, 0.1) is 27.7 Å². The highest BCUT2D eigenvalue weighted by molar-refractivity contribution is 5.62. The Morgan fingerprint density at radius 3 is 2.73 bits per heavy atom. The van der Waals surface area contributed by atoms with Gasteiger partial charge in [-0.1, -0.05) is 0 Å². The van der Waals surface area contributed by atoms with Crippen molar-refractivity contribution in [2.45, 2.75) is 61.9 Å². The Morgan fingerprint density at radius 1 is 1.23 bits per heavy atom. The predicted octanol–water partition coefficient (Wildman–Crippen LogP) is 2.68. The van der Waals surface area contributed by atoms with Crippen molar-refractivity contribution in [1.82, 2.24) is 0 Å². The Morgan fingerprint density at radius 2 is 2.00 bits per heavy atom. The van der Waals surface area contributed by atoms with Crippen molar-refractivity contribution in [3.05, 3.63) is 22.8 Å². The highest BCUT2D eigenvalue weighted by Gasteiger charge is 2.61. The molecule has 1 spiro atoms. The maximum atomic E-state index is 10.7. The second-order valence-corrected chi connectivity index (χ2v) is 9.29. The van der Waals surface area contributed by atoms with Crippen LogP contribution in [0.15, 0.2) is 6.07 Å². The Hall–Kier alpha value is -1.30. The van der Waals surface area contributed by atoms with Crippen molar-refractivity contribution in [2.24, 2.45) is 0 Å². The van der Waals surface area contributed by atoms with Crippen LogP contribution in [0.5, 0.6) is 11.5 Å². The zero-order valence-corrected chi connectivity index (χ0v) is 16.3. The van der Waals surface area contributed by atoms with Crippen molar-refractivity contribution < 1.29 is 23.8 Å². The van der Waals surface area contributed by atoms with E-state index in [0.29, 0.717) is 6.04 Å². The normalized spacial score (nSPS) is 39.0. The second-order valence-electron chi connectivity index (χ2n) is 9.29. The summed E-state index contributed by atoms with van der Waals surface area (Å²) in [6.45, 7) is 1.16. The van der Waals surface area contributed by atoms with Crippen LogP contribution >= 0.6 is 0 Å². The van der Waals surface area contributed by atoms with Crippen molar-refractivity contribution in [3.63, 3.8) is 0 Å². The molecule has 3 unspecified atom stereocenters. The standard InChI is InChI=1S/C21H30NO4/c1-22(2)10-7-13-11-15(24-3)19-18-17(13)14(22)5-8-20(18)9-6-16(23)21(12-20,25-4)26-19/h11,14,16,23H,5-10,12H2,1-4H3/q+1/t14-,16?,20?,21?/m1/s1. The predicted molar refractivity (Wildman–Crippen MR) is 97.6 cm³/mol. The summed E-state index contributed by atoms with van der Waals surface area (Å²) in [6.07, 6.45) is 5.26. The summed E-state index contributed by atoms with van der Waals surface area (Å²) in [4.78, 5) is 0. The number of fused-ring (bicyclic) bond motifs is 1. The molecule has 4 atom stereocenters. The monoisotopic (exact) mass is 360 g/mol. The summed E-state index contributed by atoms with van der Waals surface area (Å²) in [5.41, 5.74) is 4.34. The van der Waals surface area contributed by atoms with Gasteiger partial charge in [0.15, 0.2) is 11.5 Å². The molecule has 5 nitrogen and oxygen atoms in total. The minimum Gasteiger partial charge on any atom is -0.493 e. The summed E-state index contributed by atoms with van der Waals surface area (Å²) in [5, 5.41) is 10.7. The van der Waals surface area contributed by atoms with Crippen molar-refractivity contribution >= 4 is 0 Å². The highest BCUT2D eigenvalue weighted by atomic mass is 16.7. The number of hydrogen-bond donors (Lipinski definition) is 1. The van der Waals surface area contributed by atoms with E-state index in [2.05, 4.69) is 20.2 Å². The van der Waals surface area contributed by atoms with Gasteiger partial charge < -0.3 is 23.8 Å². The quantitative estimate of drug-likeness (QED) is 0.824. The van der Waals surface area contributed by atoms with Crippen LogP contribution in [0.25, 0.3) is 0 Å². The molecule has 0 amide bonds. The van der Waals surface area contributed by atoms with Gasteiger partial charge in [-0.2, -0.15) is 0 Å². The number of benzene rings is 1. The van der Waals surface area contributed by atoms with Gasteiger partial charge in [0, 0.05) is 42.9 Å². The average Bonchev–Trinajstić information content (AvgIpc) is 2.63. The third-order valence-electron chi connectivity index (χ3n) is 7.76. The molecule has 0 radical (unpaired) electrons. The Bertz CT molecular complexity index is 776. The first kappa shape index (κ1) is 16.8. The van der Waals surface area contributed by atoms with Crippen LogP contribution in [0.2, 0.25) is 0 Å². The van der Waals surface area contributed by atoms with Gasteiger partial charge in [-0.15, -0.1) is 0 Å². The molecule has 0 saturated heterocycles. The fourth-order valence-electron chi connectivity index (χ4n) is 6.28. The van der Waals surface area contributed by atoms with Gasteiger partial charge in [-0.05, 0) is 30.9 Å². The number of aliphatic hydroxyl groups is 1. The van der Waals surface area contributed by atoms with Crippen LogP contribution in [0.3, 0.4) is 0 Å². The molecule has 1 saturated carbocycles. The lowest BCUT2D eigenvalue weighted by Gasteiger charge is -2.58. The second kappa shape index (κ2) is 5.15. The van der Waals surface area contributed by atoms with E-state index in [1.807, 2.05) is 0 Å². The zero-order valence-electron chi connectivity index (χ0n) is 16.3. The van der Waals surface area contributed by atoms with E-state index >= 15 is 0 Å². The molecule has 0 aromatic heterocycles. The summed E-state index contributed by atoms with van der Waals surface area (Å²) >= 11 is 0. The number of aliphatic hydroxyl groups excluding tert-OH is 1. The number of quaternary nitrogens is 1. The van der Waals surface area contributed by atoms with E-state index in [1.54, 1.807) is 14.2 Å². The molecule has 2 aliphatic heterocycles. The van der Waals surface area contributed by atoms with Gasteiger partial charge >= 0.3 is 0 Å². The number of nitrogens with zero attached hydrogens (tertiary/aromatic N) is 1. The fourth-order valence-corrected chi connectivity index (χ4v) is 6.28. The van der Waals surface area contributed by atoms with E-state index in [4.69, 9.17) is 14.2 Å². The molecule has 5 heteroatoms. The molecule has 1 fully saturated rings. The van der Waals surface area contributed by atoms with Gasteiger partial charge in [-0.25, -0.2) is 0 Å². The molecule has 4 aliphatic rings. The highest BCUT2D eigenvalue weighted by Crippen LogP contribution is 2.64. The number of hydrogen-bond acceptors (Lipinski definition) is 4. The first-order valence-electron chi connectivity index (χ1n) is 9.85. The Balaban J connectivity index is 1.81. The van der Waals surface area contributed by atoms with E-state index < -0.39 is 11.9 Å². The van der Waals surface area contributed by atoms with Crippen LogP contribution in [0.1, 0.15) is 54.8 Å².